The summed E-state index contributed by atoms with van der Waals surface area (Å²) in [5, 5.41) is 8.29. The number of nitrogens with zero attached hydrogens (tertiary/aromatic N) is 1. The van der Waals surface area contributed by atoms with Gasteiger partial charge in [-0.25, -0.2) is 9.78 Å². The van der Waals surface area contributed by atoms with Crippen molar-refractivity contribution in [2.75, 3.05) is 0 Å². The van der Waals surface area contributed by atoms with Crippen LogP contribution in [0.5, 0.6) is 0 Å². The lowest BCUT2D eigenvalue weighted by Gasteiger charge is -2.02. The summed E-state index contributed by atoms with van der Waals surface area (Å²) in [5.41, 5.74) is 0. The molecule has 0 unspecified atom stereocenters. The van der Waals surface area contributed by atoms with Crippen molar-refractivity contribution < 1.29 is 23.1 Å². The number of carbonyl (C=O) groups is 1. The molecular formula is C6H5F2NO3. The van der Waals surface area contributed by atoms with Gasteiger partial charge >= 0.3 is 11.9 Å². The number of oxazole rings is 1. The van der Waals surface area contributed by atoms with Crippen molar-refractivity contribution in [1.29, 1.82) is 0 Å². The van der Waals surface area contributed by atoms with Crippen LogP contribution in [0.3, 0.4) is 0 Å². The summed E-state index contributed by atoms with van der Waals surface area (Å²) in [5.74, 6) is -6.14. The van der Waals surface area contributed by atoms with Crippen molar-refractivity contribution in [1.82, 2.24) is 4.98 Å². The zero-order chi connectivity index (χ0) is 9.35. The third-order valence-corrected chi connectivity index (χ3v) is 1.09. The molecule has 0 fully saturated rings. The first kappa shape index (κ1) is 8.63. The SMILES string of the molecule is CC(F)(F)c1ncc(C(=O)O)o1. The zero-order valence-corrected chi connectivity index (χ0v) is 6.04. The van der Waals surface area contributed by atoms with E-state index in [2.05, 4.69) is 9.40 Å². The topological polar surface area (TPSA) is 63.3 Å². The van der Waals surface area contributed by atoms with E-state index in [0.717, 1.165) is 6.20 Å². The zero-order valence-electron chi connectivity index (χ0n) is 6.04. The van der Waals surface area contributed by atoms with Crippen molar-refractivity contribution in [2.45, 2.75) is 12.8 Å². The average molecular weight is 177 g/mol. The van der Waals surface area contributed by atoms with E-state index in [4.69, 9.17) is 5.11 Å². The van der Waals surface area contributed by atoms with E-state index in [1.165, 1.54) is 0 Å². The highest BCUT2D eigenvalue weighted by Crippen LogP contribution is 2.25. The molecule has 0 amide bonds. The standard InChI is InChI=1S/C6H5F2NO3/c1-6(7,8)5-9-2-3(12-5)4(10)11/h2H,1H3,(H,10,11). The number of aromatic carboxylic acids is 1. The summed E-state index contributed by atoms with van der Waals surface area (Å²) in [4.78, 5) is 13.3. The van der Waals surface area contributed by atoms with Gasteiger partial charge in [0.1, 0.15) is 0 Å². The molecule has 1 aromatic heterocycles. The van der Waals surface area contributed by atoms with Gasteiger partial charge in [-0.05, 0) is 0 Å². The summed E-state index contributed by atoms with van der Waals surface area (Å²) in [7, 11) is 0. The molecule has 0 spiro atoms. The van der Waals surface area contributed by atoms with Gasteiger partial charge in [0.05, 0.1) is 6.20 Å². The fourth-order valence-electron chi connectivity index (χ4n) is 0.576. The van der Waals surface area contributed by atoms with Gasteiger partial charge in [-0.2, -0.15) is 8.78 Å². The molecule has 0 radical (unpaired) electrons. The molecule has 0 aliphatic heterocycles. The van der Waals surface area contributed by atoms with E-state index in [-0.39, 0.29) is 0 Å². The molecule has 1 heterocycles. The largest absolute Gasteiger partial charge is 0.475 e. The molecule has 0 saturated heterocycles. The molecular weight excluding hydrogens is 172 g/mol. The van der Waals surface area contributed by atoms with Crippen molar-refractivity contribution in [3.63, 3.8) is 0 Å². The Labute approximate surface area is 65.8 Å². The summed E-state index contributed by atoms with van der Waals surface area (Å²) in [6.07, 6.45) is 0.745. The van der Waals surface area contributed by atoms with Gasteiger partial charge in [0.15, 0.2) is 0 Å². The Kier molecular flexibility index (Phi) is 1.83. The van der Waals surface area contributed by atoms with Crippen LogP contribution < -0.4 is 0 Å². The van der Waals surface area contributed by atoms with Crippen LogP contribution in [0, 0.1) is 0 Å². The Balaban J connectivity index is 3.00. The predicted molar refractivity (Wildman–Crippen MR) is 33.0 cm³/mol. The van der Waals surface area contributed by atoms with Crippen molar-refractivity contribution in [3.8, 4) is 0 Å². The molecule has 6 heteroatoms. The summed E-state index contributed by atoms with van der Waals surface area (Å²) < 4.78 is 29.0. The van der Waals surface area contributed by atoms with Gasteiger partial charge in [0.2, 0.25) is 5.76 Å². The normalized spacial score (nSPS) is 11.6. The number of rotatable bonds is 2. The van der Waals surface area contributed by atoms with E-state index < -0.39 is 23.5 Å². The number of alkyl halides is 2. The second-order valence-electron chi connectivity index (χ2n) is 2.22. The second kappa shape index (κ2) is 2.54. The Morgan fingerprint density at radius 2 is 2.33 bits per heavy atom. The van der Waals surface area contributed by atoms with Crippen molar-refractivity contribution in [2.24, 2.45) is 0 Å². The van der Waals surface area contributed by atoms with Crippen LogP contribution in [0.25, 0.3) is 0 Å². The number of hydrogen-bond donors (Lipinski definition) is 1. The molecule has 0 aliphatic rings. The molecule has 1 N–H and O–H groups in total. The second-order valence-corrected chi connectivity index (χ2v) is 2.22. The Hall–Kier alpha value is -1.46. The minimum Gasteiger partial charge on any atom is -0.475 e. The molecule has 0 atom stereocenters. The molecule has 1 rings (SSSR count). The lowest BCUT2D eigenvalue weighted by molar-refractivity contribution is -0.0119. The highest BCUT2D eigenvalue weighted by atomic mass is 19.3. The minimum atomic E-state index is -3.24. The fourth-order valence-corrected chi connectivity index (χ4v) is 0.576. The molecule has 4 nitrogen and oxygen atoms in total. The lowest BCUT2D eigenvalue weighted by atomic mass is 10.4. The Morgan fingerprint density at radius 3 is 2.58 bits per heavy atom. The first-order valence-electron chi connectivity index (χ1n) is 2.98. The van der Waals surface area contributed by atoms with Gasteiger partial charge in [-0.15, -0.1) is 0 Å². The molecule has 0 aliphatic carbocycles. The molecule has 12 heavy (non-hydrogen) atoms. The van der Waals surface area contributed by atoms with Crippen LogP contribution in [0.15, 0.2) is 10.6 Å². The Bertz CT molecular complexity index is 302. The molecule has 0 bridgehead atoms. The summed E-state index contributed by atoms with van der Waals surface area (Å²) >= 11 is 0. The van der Waals surface area contributed by atoms with Crippen LogP contribution in [0.1, 0.15) is 23.4 Å². The number of carboxylic acid groups (broad SMARTS) is 1. The van der Waals surface area contributed by atoms with Crippen LogP contribution >= 0.6 is 0 Å². The molecule has 66 valence electrons. The molecule has 0 aromatic carbocycles. The van der Waals surface area contributed by atoms with Gasteiger partial charge in [-0.1, -0.05) is 0 Å². The average Bonchev–Trinajstić information content (AvgIpc) is 2.30. The van der Waals surface area contributed by atoms with E-state index in [1.54, 1.807) is 0 Å². The summed E-state index contributed by atoms with van der Waals surface area (Å²) in [6.45, 7) is 0.574. The maximum atomic E-state index is 12.4. The van der Waals surface area contributed by atoms with Crippen LogP contribution in [0.4, 0.5) is 8.78 Å². The van der Waals surface area contributed by atoms with E-state index in [0.29, 0.717) is 6.92 Å². The number of aromatic nitrogens is 1. The molecule has 0 saturated carbocycles. The number of carboxylic acids is 1. The minimum absolute atomic E-state index is 0.574. The van der Waals surface area contributed by atoms with Gasteiger partial charge in [-0.3, -0.25) is 0 Å². The van der Waals surface area contributed by atoms with Gasteiger partial charge in [0.25, 0.3) is 5.89 Å². The lowest BCUT2D eigenvalue weighted by Crippen LogP contribution is -2.06. The van der Waals surface area contributed by atoms with E-state index in [9.17, 15) is 13.6 Å². The van der Waals surface area contributed by atoms with Crippen LogP contribution in [-0.2, 0) is 5.92 Å². The Morgan fingerprint density at radius 1 is 1.75 bits per heavy atom. The van der Waals surface area contributed by atoms with Gasteiger partial charge in [0, 0.05) is 6.92 Å². The third-order valence-electron chi connectivity index (χ3n) is 1.09. The van der Waals surface area contributed by atoms with E-state index in [1.807, 2.05) is 0 Å². The van der Waals surface area contributed by atoms with Crippen LogP contribution in [-0.4, -0.2) is 16.1 Å². The maximum Gasteiger partial charge on any atom is 0.373 e. The third kappa shape index (κ3) is 1.58. The highest BCUT2D eigenvalue weighted by molar-refractivity contribution is 5.83. The summed E-state index contributed by atoms with van der Waals surface area (Å²) in [6, 6.07) is 0. The van der Waals surface area contributed by atoms with E-state index >= 15 is 0 Å². The fraction of sp³-hybridized carbons (Fsp3) is 0.333. The number of halogens is 2. The smallest absolute Gasteiger partial charge is 0.373 e. The van der Waals surface area contributed by atoms with Crippen molar-refractivity contribution >= 4 is 5.97 Å². The van der Waals surface area contributed by atoms with Crippen LogP contribution in [0.2, 0.25) is 0 Å². The highest BCUT2D eigenvalue weighted by Gasteiger charge is 2.31. The first-order valence-corrected chi connectivity index (χ1v) is 2.98. The quantitative estimate of drug-likeness (QED) is 0.743. The first-order chi connectivity index (χ1) is 5.41. The van der Waals surface area contributed by atoms with Crippen molar-refractivity contribution in [3.05, 3.63) is 17.8 Å². The predicted octanol–water partition coefficient (Wildman–Crippen LogP) is 1.48. The number of hydrogen-bond acceptors (Lipinski definition) is 3. The maximum absolute atomic E-state index is 12.4. The molecule has 1 aromatic rings. The monoisotopic (exact) mass is 177 g/mol. The van der Waals surface area contributed by atoms with Gasteiger partial charge < -0.3 is 9.52 Å².